The predicted molar refractivity (Wildman–Crippen MR) is 129 cm³/mol. The smallest absolute Gasteiger partial charge is 0.243 e. The van der Waals surface area contributed by atoms with Crippen molar-refractivity contribution in [3.63, 3.8) is 0 Å². The number of hydrogen-bond acceptors (Lipinski definition) is 4. The highest BCUT2D eigenvalue weighted by atomic mass is 32.2. The number of benzene rings is 3. The Balaban J connectivity index is 1.40. The quantitative estimate of drug-likeness (QED) is 0.548. The molecule has 3 aromatic rings. The van der Waals surface area contributed by atoms with E-state index in [-0.39, 0.29) is 11.8 Å². The first-order chi connectivity index (χ1) is 15.8. The maximum absolute atomic E-state index is 13.1. The lowest BCUT2D eigenvalue weighted by Gasteiger charge is -2.31. The fourth-order valence-electron chi connectivity index (χ4n) is 4.10. The van der Waals surface area contributed by atoms with Crippen molar-refractivity contribution >= 4 is 21.6 Å². The number of nitrogens with zero attached hydrogens (tertiary/aromatic N) is 1. The summed E-state index contributed by atoms with van der Waals surface area (Å²) in [5, 5.41) is 2.97. The molecule has 1 saturated heterocycles. The molecule has 33 heavy (non-hydrogen) atoms. The molecule has 3 aromatic carbocycles. The van der Waals surface area contributed by atoms with Gasteiger partial charge in [-0.3, -0.25) is 4.79 Å². The van der Waals surface area contributed by atoms with Gasteiger partial charge in [0.15, 0.2) is 5.75 Å². The van der Waals surface area contributed by atoms with E-state index < -0.39 is 10.0 Å². The standard InChI is InChI=1S/C26H28N2O4S/c1-19-12-13-25(20(2)18-19)33(30,31)28-16-14-21(15-17-28)26(29)27-23-10-6-7-11-24(23)32-22-8-4-3-5-9-22/h3-13,18,21H,14-17H2,1-2H3,(H,27,29). The zero-order chi connectivity index (χ0) is 23.4. The minimum Gasteiger partial charge on any atom is -0.455 e. The average molecular weight is 465 g/mol. The van der Waals surface area contributed by atoms with Gasteiger partial charge < -0.3 is 10.1 Å². The summed E-state index contributed by atoms with van der Waals surface area (Å²) in [6.45, 7) is 4.39. The number of carbonyl (C=O) groups excluding carboxylic acids is 1. The van der Waals surface area contributed by atoms with Gasteiger partial charge in [0, 0.05) is 19.0 Å². The lowest BCUT2D eigenvalue weighted by atomic mass is 9.97. The van der Waals surface area contributed by atoms with Gasteiger partial charge in [-0.05, 0) is 62.6 Å². The minimum atomic E-state index is -3.58. The third kappa shape index (κ3) is 5.26. The monoisotopic (exact) mass is 464 g/mol. The van der Waals surface area contributed by atoms with Crippen molar-refractivity contribution in [3.8, 4) is 11.5 Å². The molecule has 0 atom stereocenters. The van der Waals surface area contributed by atoms with Crippen LogP contribution in [0.5, 0.6) is 11.5 Å². The fraction of sp³-hybridized carbons (Fsp3) is 0.269. The Bertz CT molecular complexity index is 1230. The van der Waals surface area contributed by atoms with Gasteiger partial charge in [0.25, 0.3) is 0 Å². The summed E-state index contributed by atoms with van der Waals surface area (Å²) in [5.41, 5.74) is 2.36. The molecule has 0 saturated carbocycles. The van der Waals surface area contributed by atoms with Crippen molar-refractivity contribution in [3.05, 3.63) is 83.9 Å². The van der Waals surface area contributed by atoms with Crippen molar-refractivity contribution < 1.29 is 17.9 Å². The number of carbonyl (C=O) groups is 1. The largest absolute Gasteiger partial charge is 0.455 e. The van der Waals surface area contributed by atoms with Crippen LogP contribution in [0.15, 0.2) is 77.7 Å². The SMILES string of the molecule is Cc1ccc(S(=O)(=O)N2CCC(C(=O)Nc3ccccc3Oc3ccccc3)CC2)c(C)c1. The Morgan fingerprint density at radius 3 is 2.30 bits per heavy atom. The summed E-state index contributed by atoms with van der Waals surface area (Å²) < 4.78 is 33.6. The molecule has 172 valence electrons. The number of nitrogens with one attached hydrogen (secondary N) is 1. The third-order valence-electron chi connectivity index (χ3n) is 5.89. The van der Waals surface area contributed by atoms with Crippen LogP contribution < -0.4 is 10.1 Å². The van der Waals surface area contributed by atoms with Crippen LogP contribution >= 0.6 is 0 Å². The van der Waals surface area contributed by atoms with Crippen molar-refractivity contribution in [2.24, 2.45) is 5.92 Å². The van der Waals surface area contributed by atoms with Crippen molar-refractivity contribution in [2.75, 3.05) is 18.4 Å². The lowest BCUT2D eigenvalue weighted by molar-refractivity contribution is -0.120. The van der Waals surface area contributed by atoms with Crippen LogP contribution in [0.2, 0.25) is 0 Å². The van der Waals surface area contributed by atoms with E-state index in [1.165, 1.54) is 4.31 Å². The second-order valence-corrected chi connectivity index (χ2v) is 10.3. The molecule has 0 unspecified atom stereocenters. The lowest BCUT2D eigenvalue weighted by Crippen LogP contribution is -2.41. The van der Waals surface area contributed by atoms with Crippen LogP contribution in [0, 0.1) is 19.8 Å². The Kier molecular flexibility index (Phi) is 6.81. The third-order valence-corrected chi connectivity index (χ3v) is 7.95. The van der Waals surface area contributed by atoms with E-state index in [1.807, 2.05) is 74.5 Å². The normalized spacial score (nSPS) is 15.2. The number of ether oxygens (including phenoxy) is 1. The minimum absolute atomic E-state index is 0.123. The molecule has 1 aliphatic heterocycles. The van der Waals surface area contributed by atoms with E-state index in [0.29, 0.717) is 48.0 Å². The van der Waals surface area contributed by atoms with Gasteiger partial charge in [-0.1, -0.05) is 48.0 Å². The summed E-state index contributed by atoms with van der Waals surface area (Å²) in [7, 11) is -3.58. The summed E-state index contributed by atoms with van der Waals surface area (Å²) in [6, 6.07) is 22.0. The van der Waals surface area contributed by atoms with E-state index >= 15 is 0 Å². The van der Waals surface area contributed by atoms with Gasteiger partial charge in [0.2, 0.25) is 15.9 Å². The first-order valence-electron chi connectivity index (χ1n) is 11.0. The topological polar surface area (TPSA) is 75.7 Å². The molecular weight excluding hydrogens is 436 g/mol. The summed E-state index contributed by atoms with van der Waals surface area (Å²) in [4.78, 5) is 13.3. The molecule has 0 bridgehead atoms. The molecule has 0 radical (unpaired) electrons. The van der Waals surface area contributed by atoms with Gasteiger partial charge >= 0.3 is 0 Å². The zero-order valence-electron chi connectivity index (χ0n) is 18.8. The van der Waals surface area contributed by atoms with Crippen LogP contribution in [0.3, 0.4) is 0 Å². The maximum Gasteiger partial charge on any atom is 0.243 e. The van der Waals surface area contributed by atoms with E-state index in [9.17, 15) is 13.2 Å². The second-order valence-electron chi connectivity index (χ2n) is 8.35. The summed E-state index contributed by atoms with van der Waals surface area (Å²) >= 11 is 0. The molecule has 1 fully saturated rings. The Labute approximate surface area is 195 Å². The molecule has 1 aliphatic rings. The second kappa shape index (κ2) is 9.77. The first-order valence-corrected chi connectivity index (χ1v) is 12.5. The van der Waals surface area contributed by atoms with Gasteiger partial charge in [-0.2, -0.15) is 4.31 Å². The van der Waals surface area contributed by atoms with Crippen LogP contribution in [0.4, 0.5) is 5.69 Å². The van der Waals surface area contributed by atoms with Crippen LogP contribution in [-0.2, 0) is 14.8 Å². The molecule has 0 aliphatic carbocycles. The van der Waals surface area contributed by atoms with Crippen LogP contribution in [0.25, 0.3) is 0 Å². The van der Waals surface area contributed by atoms with Crippen molar-refractivity contribution in [1.82, 2.24) is 4.31 Å². The van der Waals surface area contributed by atoms with Gasteiger partial charge in [-0.15, -0.1) is 0 Å². The number of hydrogen-bond donors (Lipinski definition) is 1. The zero-order valence-corrected chi connectivity index (χ0v) is 19.6. The Morgan fingerprint density at radius 1 is 0.939 bits per heavy atom. The molecule has 1 N–H and O–H groups in total. The molecule has 1 heterocycles. The number of para-hydroxylation sites is 3. The van der Waals surface area contributed by atoms with E-state index in [4.69, 9.17) is 4.74 Å². The highest BCUT2D eigenvalue weighted by Gasteiger charge is 2.33. The Morgan fingerprint density at radius 2 is 1.61 bits per heavy atom. The Hall–Kier alpha value is -3.16. The molecular formula is C26H28N2O4S. The predicted octanol–water partition coefficient (Wildman–Crippen LogP) is 5.14. The number of rotatable bonds is 6. The highest BCUT2D eigenvalue weighted by molar-refractivity contribution is 7.89. The first kappa shape index (κ1) is 23.0. The molecule has 1 amide bonds. The maximum atomic E-state index is 13.1. The highest BCUT2D eigenvalue weighted by Crippen LogP contribution is 2.31. The number of amides is 1. The average Bonchev–Trinajstić information content (AvgIpc) is 2.81. The van der Waals surface area contributed by atoms with Crippen molar-refractivity contribution in [2.45, 2.75) is 31.6 Å². The van der Waals surface area contributed by atoms with Crippen molar-refractivity contribution in [1.29, 1.82) is 0 Å². The molecule has 7 heteroatoms. The van der Waals surface area contributed by atoms with E-state index in [0.717, 1.165) is 11.1 Å². The number of sulfonamides is 1. The van der Waals surface area contributed by atoms with E-state index in [1.54, 1.807) is 12.1 Å². The summed E-state index contributed by atoms with van der Waals surface area (Å²) in [5.74, 6) is 0.860. The number of anilines is 1. The van der Waals surface area contributed by atoms with Crippen LogP contribution in [-0.4, -0.2) is 31.7 Å². The van der Waals surface area contributed by atoms with Gasteiger partial charge in [-0.25, -0.2) is 8.42 Å². The number of aryl methyl sites for hydroxylation is 2. The number of piperidine rings is 1. The molecule has 0 spiro atoms. The summed E-state index contributed by atoms with van der Waals surface area (Å²) in [6.07, 6.45) is 0.940. The fourth-order valence-corrected chi connectivity index (χ4v) is 5.77. The van der Waals surface area contributed by atoms with Crippen LogP contribution in [0.1, 0.15) is 24.0 Å². The molecule has 0 aromatic heterocycles. The molecule has 4 rings (SSSR count). The van der Waals surface area contributed by atoms with E-state index in [2.05, 4.69) is 5.32 Å². The molecule has 6 nitrogen and oxygen atoms in total. The van der Waals surface area contributed by atoms with Gasteiger partial charge in [0.1, 0.15) is 5.75 Å². The van der Waals surface area contributed by atoms with Gasteiger partial charge in [0.05, 0.1) is 10.6 Å².